The first kappa shape index (κ1) is 56.0. The van der Waals surface area contributed by atoms with Gasteiger partial charge in [0.15, 0.2) is 5.96 Å². The molecule has 0 spiro atoms. The fourth-order valence-electron chi connectivity index (χ4n) is 6.12. The average molecular weight is 939 g/mol. The Labute approximate surface area is 388 Å². The Balaban J connectivity index is 1.98. The maximum Gasteiger partial charge on any atom is 0.245 e. The molecule has 0 fully saturated rings. The van der Waals surface area contributed by atoms with Crippen molar-refractivity contribution in [1.29, 1.82) is 0 Å². The summed E-state index contributed by atoms with van der Waals surface area (Å²) in [7, 11) is 0. The van der Waals surface area contributed by atoms with Gasteiger partial charge in [0.2, 0.25) is 53.2 Å². The second kappa shape index (κ2) is 30.9. The Morgan fingerprint density at radius 1 is 0.567 bits per heavy atom. The predicted octanol–water partition coefficient (Wildman–Crippen LogP) is -5.14. The number of aliphatic hydroxyl groups is 1. The van der Waals surface area contributed by atoms with Crippen molar-refractivity contribution in [3.8, 4) is 0 Å². The topological polar surface area (TPSA) is 399 Å². The molecule has 18 N–H and O–H groups in total. The summed E-state index contributed by atoms with van der Waals surface area (Å²) < 4.78 is 0. The Hall–Kier alpha value is -7.18. The number of benzene rings is 2. The molecular weight excluding hydrogens is 873 g/mol. The van der Waals surface area contributed by atoms with Gasteiger partial charge in [0, 0.05) is 19.5 Å². The van der Waals surface area contributed by atoms with Crippen LogP contribution in [0.1, 0.15) is 57.1 Å². The van der Waals surface area contributed by atoms with Gasteiger partial charge < -0.3 is 75.9 Å². The van der Waals surface area contributed by atoms with E-state index in [4.69, 9.17) is 22.9 Å². The lowest BCUT2D eigenvalue weighted by Crippen LogP contribution is -2.59. The predicted molar refractivity (Wildman–Crippen MR) is 246 cm³/mol. The molecule has 0 aliphatic rings. The Morgan fingerprint density at radius 2 is 1.10 bits per heavy atom. The molecule has 368 valence electrons. The summed E-state index contributed by atoms with van der Waals surface area (Å²) in [6, 6.07) is 11.5. The van der Waals surface area contributed by atoms with Gasteiger partial charge in [-0.3, -0.25) is 48.1 Å². The molecule has 0 radical (unpaired) electrons. The van der Waals surface area contributed by atoms with Crippen molar-refractivity contribution in [1.82, 2.24) is 47.9 Å². The van der Waals surface area contributed by atoms with Gasteiger partial charge in [-0.2, -0.15) is 0 Å². The van der Waals surface area contributed by atoms with E-state index in [9.17, 15) is 48.3 Å². The molecular formula is C43H66N14O10. The van der Waals surface area contributed by atoms with Gasteiger partial charge in [-0.25, -0.2) is 0 Å². The Bertz CT molecular complexity index is 1970. The molecule has 0 saturated carbocycles. The largest absolute Gasteiger partial charge is 0.391 e. The molecule has 0 aliphatic carbocycles. The van der Waals surface area contributed by atoms with E-state index in [1.165, 1.54) is 13.8 Å². The van der Waals surface area contributed by atoms with E-state index in [0.717, 1.165) is 5.56 Å². The number of carbonyl (C=O) groups excluding carboxylic acids is 9. The number of unbranched alkanes of at least 4 members (excludes halogenated alkanes) is 1. The summed E-state index contributed by atoms with van der Waals surface area (Å²) in [6.45, 7) is 1.72. The number of hydrogen-bond donors (Lipinski definition) is 14. The first-order valence-electron chi connectivity index (χ1n) is 21.7. The number of amides is 9. The third kappa shape index (κ3) is 23.5. The van der Waals surface area contributed by atoms with Gasteiger partial charge in [-0.1, -0.05) is 60.7 Å². The number of aliphatic hydroxyl groups excluding tert-OH is 1. The zero-order chi connectivity index (χ0) is 49.7. The van der Waals surface area contributed by atoms with E-state index in [2.05, 4.69) is 52.8 Å². The molecule has 2 aromatic carbocycles. The van der Waals surface area contributed by atoms with Gasteiger partial charge in [-0.05, 0) is 63.6 Å². The SMILES string of the molecule is C[C@H](NC(=O)CNC(=O)[C@@H](NC(=O)[C@H](Cc1ccccc1)NC(=O)CNC(=O)CNC(=O)CNCc1ccccc1)[C@@H](C)O)C(=O)N[C@@H](CCCN=C(N)N)C(=O)N[C@@H](CCCCN)C(N)=O. The van der Waals surface area contributed by atoms with Crippen molar-refractivity contribution in [3.05, 3.63) is 71.8 Å². The summed E-state index contributed by atoms with van der Waals surface area (Å²) >= 11 is 0. The summed E-state index contributed by atoms with van der Waals surface area (Å²) in [5, 5.41) is 32.9. The monoisotopic (exact) mass is 939 g/mol. The first-order chi connectivity index (χ1) is 31.9. The standard InChI is InChI=1S/C43H66N14O10/c1-26(39(64)56-31(17-11-19-49-43(46)47)40(65)55-30(38(45)63)16-9-10-18-44)53-35(61)25-52-42(67)37(27(2)58)57-41(66)32(20-28-12-5-3-6-13-28)54-36(62)24-51-34(60)23-50-33(59)22-48-21-29-14-7-4-8-15-29/h3-8,12-15,26-27,30-32,37,48,58H,9-11,16-25,44H2,1-2H3,(H2,45,63)(H,50,59)(H,51,60)(H,52,67)(H,53,61)(H,54,62)(H,55,65)(H,56,64)(H,57,66)(H4,46,47,49)/t26-,27+,30-,31-,32-,37-/m0/s1. The van der Waals surface area contributed by atoms with Crippen LogP contribution in [0.3, 0.4) is 0 Å². The molecule has 24 heteroatoms. The first-order valence-corrected chi connectivity index (χ1v) is 21.7. The average Bonchev–Trinajstić information content (AvgIpc) is 3.29. The van der Waals surface area contributed by atoms with Crippen LogP contribution in [0.4, 0.5) is 0 Å². The second-order valence-electron chi connectivity index (χ2n) is 15.4. The summed E-state index contributed by atoms with van der Waals surface area (Å²) in [6.07, 6.45) is 0.0258. The summed E-state index contributed by atoms with van der Waals surface area (Å²) in [5.74, 6) is -7.10. The summed E-state index contributed by atoms with van der Waals surface area (Å²) in [4.78, 5) is 120. The van der Waals surface area contributed by atoms with Gasteiger partial charge in [0.1, 0.15) is 30.2 Å². The smallest absolute Gasteiger partial charge is 0.245 e. The lowest BCUT2D eigenvalue weighted by molar-refractivity contribution is -0.135. The van der Waals surface area contributed by atoms with Crippen LogP contribution in [0.2, 0.25) is 0 Å². The molecule has 0 saturated heterocycles. The minimum absolute atomic E-state index is 0.0356. The third-order valence-electron chi connectivity index (χ3n) is 9.73. The number of aliphatic imine (C=N–C) groups is 1. The van der Waals surface area contributed by atoms with Crippen LogP contribution < -0.4 is 70.8 Å². The van der Waals surface area contributed by atoms with Gasteiger partial charge in [0.25, 0.3) is 0 Å². The minimum Gasteiger partial charge on any atom is -0.391 e. The van der Waals surface area contributed by atoms with Crippen LogP contribution in [0.15, 0.2) is 65.7 Å². The zero-order valence-electron chi connectivity index (χ0n) is 37.8. The van der Waals surface area contributed by atoms with Crippen LogP contribution in [0.5, 0.6) is 0 Å². The van der Waals surface area contributed by atoms with Crippen molar-refractivity contribution in [2.24, 2.45) is 27.9 Å². The molecule has 2 aromatic rings. The van der Waals surface area contributed by atoms with Crippen LogP contribution in [-0.4, -0.2) is 140 Å². The number of hydrogen-bond acceptors (Lipinski definition) is 13. The van der Waals surface area contributed by atoms with E-state index in [-0.39, 0.29) is 44.7 Å². The van der Waals surface area contributed by atoms with Crippen molar-refractivity contribution in [2.45, 2.75) is 95.2 Å². The second-order valence-corrected chi connectivity index (χ2v) is 15.4. The van der Waals surface area contributed by atoms with Crippen LogP contribution >= 0.6 is 0 Å². The zero-order valence-corrected chi connectivity index (χ0v) is 37.8. The number of rotatable bonds is 31. The number of guanidine groups is 1. The number of carbonyl (C=O) groups is 9. The van der Waals surface area contributed by atoms with E-state index in [1.54, 1.807) is 30.3 Å². The summed E-state index contributed by atoms with van der Waals surface area (Å²) in [5.41, 5.74) is 23.4. The maximum atomic E-state index is 13.6. The van der Waals surface area contributed by atoms with Gasteiger partial charge in [-0.15, -0.1) is 0 Å². The Kier molecular flexibility index (Phi) is 25.8. The molecule has 2 rings (SSSR count). The van der Waals surface area contributed by atoms with Crippen LogP contribution in [-0.2, 0) is 56.1 Å². The minimum atomic E-state index is -1.63. The number of primary amides is 1. The number of nitrogens with one attached hydrogen (secondary N) is 9. The lowest BCUT2D eigenvalue weighted by atomic mass is 10.0. The molecule has 0 aliphatic heterocycles. The van der Waals surface area contributed by atoms with Crippen molar-refractivity contribution in [3.63, 3.8) is 0 Å². The molecule has 24 nitrogen and oxygen atoms in total. The third-order valence-corrected chi connectivity index (χ3v) is 9.73. The van der Waals surface area contributed by atoms with Crippen molar-refractivity contribution in [2.75, 3.05) is 39.3 Å². The fourth-order valence-corrected chi connectivity index (χ4v) is 6.12. The van der Waals surface area contributed by atoms with Gasteiger partial charge >= 0.3 is 0 Å². The van der Waals surface area contributed by atoms with Crippen molar-refractivity contribution >= 4 is 59.1 Å². The highest BCUT2D eigenvalue weighted by atomic mass is 16.3. The molecule has 67 heavy (non-hydrogen) atoms. The van der Waals surface area contributed by atoms with Crippen LogP contribution in [0.25, 0.3) is 0 Å². The quantitative estimate of drug-likeness (QED) is 0.0191. The molecule has 0 aromatic heterocycles. The number of nitrogens with zero attached hydrogens (tertiary/aromatic N) is 1. The van der Waals surface area contributed by atoms with Crippen LogP contribution in [0, 0.1) is 0 Å². The van der Waals surface area contributed by atoms with Gasteiger partial charge in [0.05, 0.1) is 32.3 Å². The van der Waals surface area contributed by atoms with Crippen molar-refractivity contribution < 1.29 is 48.3 Å². The van der Waals surface area contributed by atoms with E-state index < -0.39 is 109 Å². The maximum absolute atomic E-state index is 13.6. The lowest BCUT2D eigenvalue weighted by Gasteiger charge is -2.25. The molecule has 0 unspecified atom stereocenters. The highest BCUT2D eigenvalue weighted by molar-refractivity contribution is 5.96. The molecule has 9 amide bonds. The Morgan fingerprint density at radius 3 is 1.70 bits per heavy atom. The fraction of sp³-hybridized carbons (Fsp3) is 0.488. The number of nitrogens with two attached hydrogens (primary N) is 4. The molecule has 0 bridgehead atoms. The van der Waals surface area contributed by atoms with E-state index in [0.29, 0.717) is 31.5 Å². The molecule has 6 atom stereocenters. The highest BCUT2D eigenvalue weighted by Gasteiger charge is 2.31. The highest BCUT2D eigenvalue weighted by Crippen LogP contribution is 2.07. The normalized spacial score (nSPS) is 13.4. The van der Waals surface area contributed by atoms with E-state index >= 15 is 0 Å². The molecule has 0 heterocycles. The van der Waals surface area contributed by atoms with E-state index in [1.807, 2.05) is 30.3 Å².